The Morgan fingerprint density at radius 2 is 1.37 bits per heavy atom. The van der Waals surface area contributed by atoms with Gasteiger partial charge in [-0.15, -0.1) is 0 Å². The van der Waals surface area contributed by atoms with Crippen LogP contribution in [0.4, 0.5) is 0 Å². The number of hydrogen-bond donors (Lipinski definition) is 0. The molecular formula is C18H28O. The van der Waals surface area contributed by atoms with Gasteiger partial charge in [-0.25, -0.2) is 0 Å². The van der Waals surface area contributed by atoms with Crippen LogP contribution in [0.1, 0.15) is 53.6 Å². The van der Waals surface area contributed by atoms with E-state index >= 15 is 0 Å². The lowest BCUT2D eigenvalue weighted by molar-refractivity contribution is 0.232. The minimum Gasteiger partial charge on any atom is -0.497 e. The quantitative estimate of drug-likeness (QED) is 0.652. The standard InChI is InChI=1S/C18H28O/c1-8-12(2)9-10-19-11-18-16(6)14(4)13(3)15(5)17(18)7/h9-10,12H,8,11H2,1-7H3. The fourth-order valence-corrected chi connectivity index (χ4v) is 2.25. The van der Waals surface area contributed by atoms with Gasteiger partial charge in [-0.3, -0.25) is 0 Å². The summed E-state index contributed by atoms with van der Waals surface area (Å²) in [5.74, 6) is 0.587. The van der Waals surface area contributed by atoms with Crippen molar-refractivity contribution in [3.63, 3.8) is 0 Å². The zero-order valence-corrected chi connectivity index (χ0v) is 13.6. The Hall–Kier alpha value is -1.24. The van der Waals surface area contributed by atoms with E-state index < -0.39 is 0 Å². The second-order valence-electron chi connectivity index (χ2n) is 5.63. The summed E-state index contributed by atoms with van der Waals surface area (Å²) in [6, 6.07) is 0. The first-order valence-corrected chi connectivity index (χ1v) is 7.24. The molecule has 0 saturated heterocycles. The molecule has 0 fully saturated rings. The van der Waals surface area contributed by atoms with E-state index in [1.165, 1.54) is 33.4 Å². The molecule has 1 unspecified atom stereocenters. The van der Waals surface area contributed by atoms with Gasteiger partial charge in [0.1, 0.15) is 6.61 Å². The van der Waals surface area contributed by atoms with Crippen LogP contribution in [0, 0.1) is 40.5 Å². The zero-order valence-electron chi connectivity index (χ0n) is 13.6. The molecule has 0 aliphatic heterocycles. The van der Waals surface area contributed by atoms with E-state index in [-0.39, 0.29) is 0 Å². The molecule has 1 aromatic rings. The van der Waals surface area contributed by atoms with Crippen LogP contribution < -0.4 is 0 Å². The second-order valence-corrected chi connectivity index (χ2v) is 5.63. The minimum absolute atomic E-state index is 0.587. The van der Waals surface area contributed by atoms with Crippen LogP contribution >= 0.6 is 0 Å². The zero-order chi connectivity index (χ0) is 14.6. The van der Waals surface area contributed by atoms with Gasteiger partial charge in [-0.1, -0.05) is 13.8 Å². The summed E-state index contributed by atoms with van der Waals surface area (Å²) in [6.07, 6.45) is 5.15. The lowest BCUT2D eigenvalue weighted by Crippen LogP contribution is -2.03. The van der Waals surface area contributed by atoms with Crippen LogP contribution in [0.15, 0.2) is 12.3 Å². The van der Waals surface area contributed by atoms with E-state index in [4.69, 9.17) is 4.74 Å². The van der Waals surface area contributed by atoms with Crippen molar-refractivity contribution < 1.29 is 4.74 Å². The molecule has 0 amide bonds. The van der Waals surface area contributed by atoms with Crippen LogP contribution in [-0.2, 0) is 11.3 Å². The van der Waals surface area contributed by atoms with E-state index in [1.807, 2.05) is 6.26 Å². The molecule has 1 nitrogen and oxygen atoms in total. The Balaban J connectivity index is 2.88. The predicted octanol–water partition coefficient (Wildman–Crippen LogP) is 5.31. The molecule has 0 N–H and O–H groups in total. The smallest absolute Gasteiger partial charge is 0.113 e. The third-order valence-electron chi connectivity index (χ3n) is 4.53. The largest absolute Gasteiger partial charge is 0.497 e. The maximum absolute atomic E-state index is 5.72. The van der Waals surface area contributed by atoms with Gasteiger partial charge in [-0.2, -0.15) is 0 Å². The molecule has 0 bridgehead atoms. The molecule has 106 valence electrons. The first kappa shape index (κ1) is 15.8. The molecule has 1 heteroatoms. The van der Waals surface area contributed by atoms with Gasteiger partial charge in [-0.05, 0) is 86.4 Å². The number of allylic oxidation sites excluding steroid dienone is 1. The fraction of sp³-hybridized carbons (Fsp3) is 0.556. The van der Waals surface area contributed by atoms with Crippen molar-refractivity contribution >= 4 is 0 Å². The summed E-state index contributed by atoms with van der Waals surface area (Å²) in [6.45, 7) is 16.1. The summed E-state index contributed by atoms with van der Waals surface area (Å²) in [7, 11) is 0. The van der Waals surface area contributed by atoms with Crippen LogP contribution in [0.3, 0.4) is 0 Å². The van der Waals surface area contributed by atoms with Crippen LogP contribution in [0.25, 0.3) is 0 Å². The maximum atomic E-state index is 5.72. The summed E-state index contributed by atoms with van der Waals surface area (Å²) in [4.78, 5) is 0. The number of hydrogen-bond acceptors (Lipinski definition) is 1. The molecule has 19 heavy (non-hydrogen) atoms. The number of benzene rings is 1. The van der Waals surface area contributed by atoms with Gasteiger partial charge in [0.2, 0.25) is 0 Å². The highest BCUT2D eigenvalue weighted by Crippen LogP contribution is 2.26. The van der Waals surface area contributed by atoms with Gasteiger partial charge >= 0.3 is 0 Å². The molecule has 1 aromatic carbocycles. The molecule has 0 radical (unpaired) electrons. The predicted molar refractivity (Wildman–Crippen MR) is 83.5 cm³/mol. The molecule has 0 aliphatic rings. The molecule has 1 atom stereocenters. The summed E-state index contributed by atoms with van der Waals surface area (Å²) >= 11 is 0. The first-order chi connectivity index (χ1) is 8.90. The molecule has 0 spiro atoms. The van der Waals surface area contributed by atoms with Gasteiger partial charge in [0.05, 0.1) is 6.26 Å². The van der Waals surface area contributed by atoms with Crippen molar-refractivity contribution in [2.45, 2.75) is 61.5 Å². The molecule has 0 heterocycles. The van der Waals surface area contributed by atoms with Crippen LogP contribution in [-0.4, -0.2) is 0 Å². The monoisotopic (exact) mass is 260 g/mol. The van der Waals surface area contributed by atoms with Crippen molar-refractivity contribution in [1.82, 2.24) is 0 Å². The van der Waals surface area contributed by atoms with Crippen molar-refractivity contribution in [2.75, 3.05) is 0 Å². The second kappa shape index (κ2) is 6.79. The first-order valence-electron chi connectivity index (χ1n) is 7.24. The van der Waals surface area contributed by atoms with Crippen LogP contribution in [0.2, 0.25) is 0 Å². The Labute approximate surface area is 118 Å². The maximum Gasteiger partial charge on any atom is 0.113 e. The molecule has 0 saturated carbocycles. The highest BCUT2D eigenvalue weighted by molar-refractivity contribution is 5.49. The Bertz CT molecular complexity index is 440. The van der Waals surface area contributed by atoms with Crippen LogP contribution in [0.5, 0.6) is 0 Å². The van der Waals surface area contributed by atoms with Crippen molar-refractivity contribution in [1.29, 1.82) is 0 Å². The van der Waals surface area contributed by atoms with Gasteiger partial charge < -0.3 is 4.74 Å². The molecule has 1 rings (SSSR count). The number of rotatable bonds is 5. The lowest BCUT2D eigenvalue weighted by atomic mass is 9.90. The number of ether oxygens (including phenoxy) is 1. The topological polar surface area (TPSA) is 9.23 Å². The van der Waals surface area contributed by atoms with Crippen molar-refractivity contribution in [3.8, 4) is 0 Å². The molecule has 0 aliphatic carbocycles. The SMILES string of the molecule is CCC(C)C=COCc1c(C)c(C)c(C)c(C)c1C. The minimum atomic E-state index is 0.587. The highest BCUT2D eigenvalue weighted by Gasteiger charge is 2.11. The molecular weight excluding hydrogens is 232 g/mol. The third-order valence-corrected chi connectivity index (χ3v) is 4.53. The Morgan fingerprint density at radius 1 is 0.895 bits per heavy atom. The normalized spacial score (nSPS) is 13.0. The average molecular weight is 260 g/mol. The van der Waals surface area contributed by atoms with E-state index in [1.54, 1.807) is 0 Å². The van der Waals surface area contributed by atoms with Gasteiger partial charge in [0, 0.05) is 0 Å². The summed E-state index contributed by atoms with van der Waals surface area (Å²) in [5.41, 5.74) is 8.29. The van der Waals surface area contributed by atoms with Gasteiger partial charge in [0.15, 0.2) is 0 Å². The van der Waals surface area contributed by atoms with Gasteiger partial charge in [0.25, 0.3) is 0 Å². The van der Waals surface area contributed by atoms with E-state index in [9.17, 15) is 0 Å². The van der Waals surface area contributed by atoms with Crippen molar-refractivity contribution in [2.24, 2.45) is 5.92 Å². The lowest BCUT2D eigenvalue weighted by Gasteiger charge is -2.18. The third kappa shape index (κ3) is 3.62. The Kier molecular flexibility index (Phi) is 5.65. The van der Waals surface area contributed by atoms with E-state index in [2.05, 4.69) is 54.5 Å². The fourth-order valence-electron chi connectivity index (χ4n) is 2.25. The average Bonchev–Trinajstić information content (AvgIpc) is 2.41. The highest BCUT2D eigenvalue weighted by atomic mass is 16.5. The molecule has 0 aromatic heterocycles. The van der Waals surface area contributed by atoms with E-state index in [0.29, 0.717) is 12.5 Å². The van der Waals surface area contributed by atoms with Crippen molar-refractivity contribution in [3.05, 3.63) is 45.7 Å². The van der Waals surface area contributed by atoms with E-state index in [0.717, 1.165) is 6.42 Å². The Morgan fingerprint density at radius 3 is 1.84 bits per heavy atom. The summed E-state index contributed by atoms with van der Waals surface area (Å²) < 4.78 is 5.72. The summed E-state index contributed by atoms with van der Waals surface area (Å²) in [5, 5.41) is 0.